The van der Waals surface area contributed by atoms with Crippen LogP contribution in [0.5, 0.6) is 0 Å². The fraction of sp³-hybridized carbons (Fsp3) is 0.474. The molecule has 0 unspecified atom stereocenters. The number of likely N-dealkylation sites (tertiary alicyclic amines) is 1. The Kier molecular flexibility index (Phi) is 5.69. The molecule has 0 amide bonds. The quantitative estimate of drug-likeness (QED) is 0.887. The molecular weight excluding hydrogens is 320 g/mol. The van der Waals surface area contributed by atoms with Crippen LogP contribution in [0.1, 0.15) is 29.5 Å². The Balaban J connectivity index is 1.45. The maximum absolute atomic E-state index is 5.76. The van der Waals surface area contributed by atoms with E-state index >= 15 is 0 Å². The lowest BCUT2D eigenvalue weighted by Crippen LogP contribution is -2.35. The molecule has 1 aliphatic rings. The Morgan fingerprint density at radius 3 is 2.62 bits per heavy atom. The first kappa shape index (κ1) is 17.2. The van der Waals surface area contributed by atoms with E-state index in [-0.39, 0.29) is 0 Å². The highest BCUT2D eigenvalue weighted by Crippen LogP contribution is 2.21. The van der Waals surface area contributed by atoms with Gasteiger partial charge in [-0.2, -0.15) is 0 Å². The van der Waals surface area contributed by atoms with E-state index in [0.717, 1.165) is 32.0 Å². The van der Waals surface area contributed by atoms with Crippen molar-refractivity contribution in [3.05, 3.63) is 52.2 Å². The van der Waals surface area contributed by atoms with Crippen molar-refractivity contribution in [2.24, 2.45) is 5.92 Å². The number of anilines is 1. The van der Waals surface area contributed by atoms with Gasteiger partial charge in [0.2, 0.25) is 0 Å². The zero-order valence-electron chi connectivity index (χ0n) is 14.4. The molecule has 2 aromatic rings. The summed E-state index contributed by atoms with van der Waals surface area (Å²) >= 11 is 5.76. The van der Waals surface area contributed by atoms with Crippen molar-refractivity contribution < 1.29 is 0 Å². The van der Waals surface area contributed by atoms with E-state index in [4.69, 9.17) is 11.6 Å². The van der Waals surface area contributed by atoms with Gasteiger partial charge in [0.25, 0.3) is 0 Å². The summed E-state index contributed by atoms with van der Waals surface area (Å²) < 4.78 is 0. The van der Waals surface area contributed by atoms with Crippen molar-refractivity contribution in [2.75, 3.05) is 25.0 Å². The molecule has 4 nitrogen and oxygen atoms in total. The Hall–Kier alpha value is -1.65. The lowest BCUT2D eigenvalue weighted by molar-refractivity contribution is 0.182. The number of hydrogen-bond acceptors (Lipinski definition) is 4. The minimum Gasteiger partial charge on any atom is -0.368 e. The summed E-state index contributed by atoms with van der Waals surface area (Å²) in [6.07, 6.45) is 2.44. The molecule has 1 saturated heterocycles. The summed E-state index contributed by atoms with van der Waals surface area (Å²) in [5.41, 5.74) is 4.20. The van der Waals surface area contributed by atoms with Crippen molar-refractivity contribution in [3.63, 3.8) is 0 Å². The third-order valence-corrected chi connectivity index (χ3v) is 5.01. The molecule has 24 heavy (non-hydrogen) atoms. The number of aromatic nitrogens is 2. The molecule has 1 aromatic carbocycles. The van der Waals surface area contributed by atoms with Gasteiger partial charge in [-0.3, -0.25) is 4.90 Å². The van der Waals surface area contributed by atoms with E-state index in [9.17, 15) is 0 Å². The topological polar surface area (TPSA) is 41.0 Å². The molecule has 0 bridgehead atoms. The number of benzene rings is 1. The highest BCUT2D eigenvalue weighted by molar-refractivity contribution is 6.29. The average molecular weight is 345 g/mol. The van der Waals surface area contributed by atoms with Crippen LogP contribution in [0, 0.1) is 19.8 Å². The van der Waals surface area contributed by atoms with Crippen LogP contribution in [-0.4, -0.2) is 34.7 Å². The first-order valence-corrected chi connectivity index (χ1v) is 8.99. The largest absolute Gasteiger partial charge is 0.368 e. The molecule has 0 saturated carbocycles. The van der Waals surface area contributed by atoms with Gasteiger partial charge in [0.05, 0.1) is 0 Å². The second-order valence-corrected chi connectivity index (χ2v) is 7.16. The minimum absolute atomic E-state index is 0.431. The summed E-state index contributed by atoms with van der Waals surface area (Å²) in [5.74, 6) is 1.49. The van der Waals surface area contributed by atoms with Crippen LogP contribution in [0.25, 0.3) is 0 Å². The van der Waals surface area contributed by atoms with Crippen LogP contribution < -0.4 is 5.32 Å². The fourth-order valence-corrected chi connectivity index (χ4v) is 3.32. The first-order chi connectivity index (χ1) is 11.6. The van der Waals surface area contributed by atoms with E-state index < -0.39 is 0 Å². The second-order valence-electron chi connectivity index (χ2n) is 6.77. The van der Waals surface area contributed by atoms with Crippen LogP contribution in [0.15, 0.2) is 30.3 Å². The van der Waals surface area contributed by atoms with Crippen molar-refractivity contribution in [1.82, 2.24) is 15.1 Å². The van der Waals surface area contributed by atoms with Gasteiger partial charge in [0.15, 0.2) is 5.15 Å². The fourth-order valence-electron chi connectivity index (χ4n) is 3.22. The Morgan fingerprint density at radius 2 is 1.92 bits per heavy atom. The van der Waals surface area contributed by atoms with Gasteiger partial charge < -0.3 is 5.32 Å². The zero-order valence-corrected chi connectivity index (χ0v) is 15.2. The van der Waals surface area contributed by atoms with Crippen LogP contribution >= 0.6 is 11.6 Å². The number of piperidine rings is 1. The van der Waals surface area contributed by atoms with E-state index in [2.05, 4.69) is 52.5 Å². The molecule has 2 heterocycles. The molecule has 5 heteroatoms. The number of halogens is 1. The zero-order chi connectivity index (χ0) is 16.9. The number of nitrogens with zero attached hydrogens (tertiary/aromatic N) is 3. The number of rotatable bonds is 5. The summed E-state index contributed by atoms with van der Waals surface area (Å²) in [6, 6.07) is 10.4. The van der Waals surface area contributed by atoms with Crippen molar-refractivity contribution in [3.8, 4) is 0 Å². The SMILES string of the molecule is Cc1ccc(C)c(CN2CCC(CNc3ccc(Cl)nn3)CC2)c1. The Labute approximate surface area is 149 Å². The predicted octanol–water partition coefficient (Wildman–Crippen LogP) is 4.07. The molecule has 1 aliphatic heterocycles. The van der Waals surface area contributed by atoms with Crippen LogP contribution in [0.3, 0.4) is 0 Å². The van der Waals surface area contributed by atoms with E-state index in [1.807, 2.05) is 6.07 Å². The molecule has 0 radical (unpaired) electrons. The van der Waals surface area contributed by atoms with Crippen LogP contribution in [-0.2, 0) is 6.54 Å². The summed E-state index contributed by atoms with van der Waals surface area (Å²) in [5, 5.41) is 11.7. The van der Waals surface area contributed by atoms with Crippen LogP contribution in [0.2, 0.25) is 5.15 Å². The Morgan fingerprint density at radius 1 is 1.12 bits per heavy atom. The van der Waals surface area contributed by atoms with E-state index in [1.165, 1.54) is 29.5 Å². The molecule has 1 aromatic heterocycles. The van der Waals surface area contributed by atoms with Gasteiger partial charge in [-0.25, -0.2) is 0 Å². The maximum atomic E-state index is 5.76. The highest BCUT2D eigenvalue weighted by atomic mass is 35.5. The monoisotopic (exact) mass is 344 g/mol. The molecule has 0 aliphatic carbocycles. The summed E-state index contributed by atoms with van der Waals surface area (Å²) in [6.45, 7) is 8.71. The molecule has 1 fully saturated rings. The van der Waals surface area contributed by atoms with Gasteiger partial charge in [0, 0.05) is 13.1 Å². The van der Waals surface area contributed by atoms with Crippen molar-refractivity contribution in [2.45, 2.75) is 33.2 Å². The van der Waals surface area contributed by atoms with Gasteiger partial charge in [-0.15, -0.1) is 10.2 Å². The lowest BCUT2D eigenvalue weighted by atomic mass is 9.96. The molecule has 1 N–H and O–H groups in total. The predicted molar refractivity (Wildman–Crippen MR) is 99.4 cm³/mol. The summed E-state index contributed by atoms with van der Waals surface area (Å²) in [4.78, 5) is 2.57. The minimum atomic E-state index is 0.431. The normalized spacial score (nSPS) is 16.3. The molecule has 3 rings (SSSR count). The number of hydrogen-bond donors (Lipinski definition) is 1. The van der Waals surface area contributed by atoms with Gasteiger partial charge in [0.1, 0.15) is 5.82 Å². The third-order valence-electron chi connectivity index (χ3n) is 4.81. The molecular formula is C19H25ClN4. The smallest absolute Gasteiger partial charge is 0.151 e. The summed E-state index contributed by atoms with van der Waals surface area (Å²) in [7, 11) is 0. The van der Waals surface area contributed by atoms with Crippen molar-refractivity contribution in [1.29, 1.82) is 0 Å². The maximum Gasteiger partial charge on any atom is 0.151 e. The van der Waals surface area contributed by atoms with Crippen molar-refractivity contribution >= 4 is 17.4 Å². The van der Waals surface area contributed by atoms with E-state index in [0.29, 0.717) is 11.1 Å². The highest BCUT2D eigenvalue weighted by Gasteiger charge is 2.19. The van der Waals surface area contributed by atoms with Gasteiger partial charge >= 0.3 is 0 Å². The Bertz CT molecular complexity index is 664. The van der Waals surface area contributed by atoms with Gasteiger partial charge in [-0.05, 0) is 69.0 Å². The molecule has 0 atom stereocenters. The first-order valence-electron chi connectivity index (χ1n) is 8.62. The number of aryl methyl sites for hydroxylation is 2. The molecule has 128 valence electrons. The standard InChI is InChI=1S/C19H25ClN4/c1-14-3-4-15(2)17(11-14)13-24-9-7-16(8-10-24)12-21-19-6-5-18(20)22-23-19/h3-6,11,16H,7-10,12-13H2,1-2H3,(H,21,23). The second kappa shape index (κ2) is 7.95. The number of nitrogens with one attached hydrogen (secondary N) is 1. The lowest BCUT2D eigenvalue weighted by Gasteiger charge is -2.32. The van der Waals surface area contributed by atoms with Gasteiger partial charge in [-0.1, -0.05) is 35.4 Å². The van der Waals surface area contributed by atoms with E-state index in [1.54, 1.807) is 6.07 Å². The third kappa shape index (κ3) is 4.68. The average Bonchev–Trinajstić information content (AvgIpc) is 2.59. The molecule has 0 spiro atoms. The van der Waals surface area contributed by atoms with Crippen LogP contribution in [0.4, 0.5) is 5.82 Å².